The molecule has 0 aromatic carbocycles. The lowest BCUT2D eigenvalue weighted by Gasteiger charge is -2.18. The second-order valence-corrected chi connectivity index (χ2v) is 3.59. The van der Waals surface area contributed by atoms with Crippen LogP contribution in [0.15, 0.2) is 18.3 Å². The molecule has 0 spiro atoms. The molecule has 4 nitrogen and oxygen atoms in total. The summed E-state index contributed by atoms with van der Waals surface area (Å²) >= 11 is 0. The first-order valence-electron chi connectivity index (χ1n) is 5.65. The van der Waals surface area contributed by atoms with Gasteiger partial charge in [-0.1, -0.05) is 19.9 Å². The molecule has 1 atom stereocenters. The number of hydrogen-bond acceptors (Lipinski definition) is 4. The number of hydrogen-bond donors (Lipinski definition) is 2. The van der Waals surface area contributed by atoms with Crippen LogP contribution in [0.5, 0.6) is 0 Å². The molecule has 1 aromatic rings. The van der Waals surface area contributed by atoms with Crippen LogP contribution >= 0.6 is 0 Å². The minimum atomic E-state index is -0.321. The van der Waals surface area contributed by atoms with Gasteiger partial charge in [0.25, 0.3) is 0 Å². The average molecular weight is 225 g/mol. The maximum atomic E-state index is 9.18. The van der Waals surface area contributed by atoms with Crippen LogP contribution in [-0.4, -0.2) is 34.7 Å². The summed E-state index contributed by atoms with van der Waals surface area (Å²) in [6, 6.07) is 3.81. The van der Waals surface area contributed by atoms with Crippen molar-refractivity contribution in [2.45, 2.75) is 33.4 Å². The molecule has 0 bridgehead atoms. The van der Waals surface area contributed by atoms with Crippen LogP contribution in [-0.2, 0) is 6.54 Å². The van der Waals surface area contributed by atoms with Crippen molar-refractivity contribution in [3.63, 3.8) is 0 Å². The Hall–Kier alpha value is -1.13. The fourth-order valence-electron chi connectivity index (χ4n) is 1.39. The molecule has 92 valence electrons. The Morgan fingerprint density at radius 3 is 2.62 bits per heavy atom. The van der Waals surface area contributed by atoms with E-state index >= 15 is 0 Å². The first kappa shape index (κ1) is 14.9. The predicted molar refractivity (Wildman–Crippen MR) is 68.0 cm³/mol. The van der Waals surface area contributed by atoms with Gasteiger partial charge < -0.3 is 10.8 Å². The highest BCUT2D eigenvalue weighted by molar-refractivity contribution is 5.38. The van der Waals surface area contributed by atoms with Crippen molar-refractivity contribution in [2.75, 3.05) is 19.3 Å². The Morgan fingerprint density at radius 1 is 1.50 bits per heavy atom. The number of rotatable bonds is 4. The maximum absolute atomic E-state index is 9.18. The molecule has 1 aromatic heterocycles. The monoisotopic (exact) mass is 225 g/mol. The van der Waals surface area contributed by atoms with E-state index in [1.807, 2.05) is 37.9 Å². The van der Waals surface area contributed by atoms with Crippen molar-refractivity contribution in [1.82, 2.24) is 9.88 Å². The van der Waals surface area contributed by atoms with Crippen LogP contribution in [0.1, 0.15) is 26.3 Å². The van der Waals surface area contributed by atoms with Gasteiger partial charge in [0.15, 0.2) is 0 Å². The first-order chi connectivity index (χ1) is 7.59. The second kappa shape index (κ2) is 8.07. The van der Waals surface area contributed by atoms with Gasteiger partial charge >= 0.3 is 0 Å². The highest BCUT2D eigenvalue weighted by atomic mass is 16.3. The van der Waals surface area contributed by atoms with Crippen LogP contribution in [0.4, 0.5) is 5.82 Å². The fourth-order valence-corrected chi connectivity index (χ4v) is 1.39. The molecule has 0 aliphatic heterocycles. The number of pyridine rings is 1. The van der Waals surface area contributed by atoms with E-state index in [0.717, 1.165) is 5.56 Å². The summed E-state index contributed by atoms with van der Waals surface area (Å²) in [6.07, 6.45) is 1.35. The van der Waals surface area contributed by atoms with E-state index in [1.54, 1.807) is 13.1 Å². The zero-order chi connectivity index (χ0) is 12.6. The predicted octanol–water partition coefficient (Wildman–Crippen LogP) is 1.50. The molecular formula is C12H23N3O. The third-order valence-corrected chi connectivity index (χ3v) is 1.94. The van der Waals surface area contributed by atoms with Gasteiger partial charge in [-0.05, 0) is 20.0 Å². The molecule has 1 heterocycles. The fraction of sp³-hybridized carbons (Fsp3) is 0.583. The summed E-state index contributed by atoms with van der Waals surface area (Å²) < 4.78 is 0. The summed E-state index contributed by atoms with van der Waals surface area (Å²) in [5, 5.41) is 9.18. The molecule has 16 heavy (non-hydrogen) atoms. The molecule has 0 saturated heterocycles. The molecule has 0 saturated carbocycles. The van der Waals surface area contributed by atoms with E-state index in [9.17, 15) is 5.11 Å². The SMILES string of the molecule is CC.CC(O)CN(C)Cc1cccnc1N. The van der Waals surface area contributed by atoms with E-state index in [-0.39, 0.29) is 6.10 Å². The average Bonchev–Trinajstić information content (AvgIpc) is 2.23. The van der Waals surface area contributed by atoms with Crippen LogP contribution in [0.25, 0.3) is 0 Å². The standard InChI is InChI=1S/C10H17N3O.C2H6/c1-8(14)6-13(2)7-9-4-3-5-12-10(9)11;1-2/h3-5,8,14H,6-7H2,1-2H3,(H2,11,12);1-2H3. The third-order valence-electron chi connectivity index (χ3n) is 1.94. The number of aromatic nitrogens is 1. The molecule has 0 fully saturated rings. The maximum Gasteiger partial charge on any atom is 0.127 e. The van der Waals surface area contributed by atoms with Crippen LogP contribution in [0.2, 0.25) is 0 Å². The van der Waals surface area contributed by atoms with Gasteiger partial charge in [-0.2, -0.15) is 0 Å². The van der Waals surface area contributed by atoms with E-state index in [2.05, 4.69) is 4.98 Å². The molecule has 0 aliphatic carbocycles. The van der Waals surface area contributed by atoms with E-state index in [4.69, 9.17) is 5.73 Å². The number of anilines is 1. The van der Waals surface area contributed by atoms with E-state index in [0.29, 0.717) is 18.9 Å². The van der Waals surface area contributed by atoms with Gasteiger partial charge in [0.05, 0.1) is 6.10 Å². The molecule has 0 amide bonds. The molecule has 1 unspecified atom stereocenters. The van der Waals surface area contributed by atoms with Gasteiger partial charge in [0.1, 0.15) is 5.82 Å². The minimum absolute atomic E-state index is 0.321. The lowest BCUT2D eigenvalue weighted by molar-refractivity contribution is 0.138. The van der Waals surface area contributed by atoms with Crippen molar-refractivity contribution in [3.05, 3.63) is 23.9 Å². The third kappa shape index (κ3) is 5.68. The Labute approximate surface area is 98.1 Å². The second-order valence-electron chi connectivity index (χ2n) is 3.59. The molecule has 0 aliphatic rings. The molecule has 3 N–H and O–H groups in total. The number of nitrogens with two attached hydrogens (primary N) is 1. The van der Waals surface area contributed by atoms with Crippen LogP contribution < -0.4 is 5.73 Å². The van der Waals surface area contributed by atoms with E-state index < -0.39 is 0 Å². The minimum Gasteiger partial charge on any atom is -0.392 e. The smallest absolute Gasteiger partial charge is 0.127 e. The van der Waals surface area contributed by atoms with Crippen LogP contribution in [0, 0.1) is 0 Å². The van der Waals surface area contributed by atoms with Gasteiger partial charge in [0, 0.05) is 24.8 Å². The van der Waals surface area contributed by atoms with Crippen molar-refractivity contribution >= 4 is 5.82 Å². The summed E-state index contributed by atoms with van der Waals surface area (Å²) in [7, 11) is 1.94. The summed E-state index contributed by atoms with van der Waals surface area (Å²) in [6.45, 7) is 7.11. The van der Waals surface area contributed by atoms with Crippen molar-refractivity contribution in [3.8, 4) is 0 Å². The van der Waals surface area contributed by atoms with Crippen molar-refractivity contribution in [2.24, 2.45) is 0 Å². The summed E-state index contributed by atoms with van der Waals surface area (Å²) in [5.41, 5.74) is 6.70. The van der Waals surface area contributed by atoms with Crippen molar-refractivity contribution < 1.29 is 5.11 Å². The largest absolute Gasteiger partial charge is 0.392 e. The van der Waals surface area contributed by atoms with Gasteiger partial charge in [-0.25, -0.2) is 4.98 Å². The van der Waals surface area contributed by atoms with Crippen LogP contribution in [0.3, 0.4) is 0 Å². The van der Waals surface area contributed by atoms with Gasteiger partial charge in [-0.3, -0.25) is 4.90 Å². The number of nitrogens with zero attached hydrogens (tertiary/aromatic N) is 2. The number of likely N-dealkylation sites (N-methyl/N-ethyl adjacent to an activating group) is 1. The van der Waals surface area contributed by atoms with E-state index in [1.165, 1.54) is 0 Å². The molecule has 1 rings (SSSR count). The quantitative estimate of drug-likeness (QED) is 0.815. The highest BCUT2D eigenvalue weighted by Gasteiger charge is 2.05. The lowest BCUT2D eigenvalue weighted by Crippen LogP contribution is -2.27. The summed E-state index contributed by atoms with van der Waals surface area (Å²) in [5.74, 6) is 0.560. The summed E-state index contributed by atoms with van der Waals surface area (Å²) in [4.78, 5) is 6.01. The molecule has 4 heteroatoms. The lowest BCUT2D eigenvalue weighted by atomic mass is 10.2. The Kier molecular flexibility index (Phi) is 7.50. The normalized spacial score (nSPS) is 11.9. The Balaban J connectivity index is 0.00000106. The molecule has 0 radical (unpaired) electrons. The Morgan fingerprint density at radius 2 is 2.12 bits per heavy atom. The number of nitrogen functional groups attached to an aromatic ring is 1. The molecular weight excluding hydrogens is 202 g/mol. The zero-order valence-corrected chi connectivity index (χ0v) is 10.6. The number of aliphatic hydroxyl groups excluding tert-OH is 1. The van der Waals surface area contributed by atoms with Crippen molar-refractivity contribution in [1.29, 1.82) is 0 Å². The first-order valence-corrected chi connectivity index (χ1v) is 5.65. The topological polar surface area (TPSA) is 62.4 Å². The van der Waals surface area contributed by atoms with Gasteiger partial charge in [0.2, 0.25) is 0 Å². The zero-order valence-electron chi connectivity index (χ0n) is 10.6. The van der Waals surface area contributed by atoms with Gasteiger partial charge in [-0.15, -0.1) is 0 Å². The Bertz CT molecular complexity index is 289. The number of aliphatic hydroxyl groups is 1. The highest BCUT2D eigenvalue weighted by Crippen LogP contribution is 2.09.